The molecule has 2 aromatic carbocycles. The Morgan fingerprint density at radius 3 is 2.51 bits per heavy atom. The van der Waals surface area contributed by atoms with E-state index >= 15 is 0 Å². The predicted molar refractivity (Wildman–Crippen MR) is 139 cm³/mol. The van der Waals surface area contributed by atoms with E-state index in [1.807, 2.05) is 70.1 Å². The van der Waals surface area contributed by atoms with Crippen LogP contribution in [0.3, 0.4) is 0 Å². The molecule has 0 saturated heterocycles. The SMILES string of the molecule is CCCCOc1ccc(-c2c(Cn3c(=O)n(C4CC4)c4ccccc43)ncc3ccccc23)cn1. The second kappa shape index (κ2) is 9.02. The van der Waals surface area contributed by atoms with Gasteiger partial charge in [0.15, 0.2) is 0 Å². The van der Waals surface area contributed by atoms with E-state index in [9.17, 15) is 4.79 Å². The number of unbranched alkanes of at least 4 members (excludes halogenated alkanes) is 1. The topological polar surface area (TPSA) is 61.9 Å². The lowest BCUT2D eigenvalue weighted by atomic mass is 9.98. The number of nitrogens with zero attached hydrogens (tertiary/aromatic N) is 4. The summed E-state index contributed by atoms with van der Waals surface area (Å²) in [6.07, 6.45) is 7.96. The lowest BCUT2D eigenvalue weighted by molar-refractivity contribution is 0.298. The summed E-state index contributed by atoms with van der Waals surface area (Å²) >= 11 is 0. The monoisotopic (exact) mass is 464 g/mol. The number of para-hydroxylation sites is 2. The minimum Gasteiger partial charge on any atom is -0.478 e. The number of aromatic nitrogens is 4. The molecule has 6 rings (SSSR count). The van der Waals surface area contributed by atoms with Crippen molar-refractivity contribution in [3.8, 4) is 17.0 Å². The van der Waals surface area contributed by atoms with Crippen LogP contribution >= 0.6 is 0 Å². The number of pyridine rings is 2. The molecule has 1 aliphatic carbocycles. The largest absolute Gasteiger partial charge is 0.478 e. The Kier molecular flexibility index (Phi) is 5.57. The van der Waals surface area contributed by atoms with Crippen LogP contribution in [0, 0.1) is 0 Å². The Labute approximate surface area is 203 Å². The van der Waals surface area contributed by atoms with Gasteiger partial charge in [-0.1, -0.05) is 49.7 Å². The Bertz CT molecular complexity index is 1560. The van der Waals surface area contributed by atoms with E-state index in [1.54, 1.807) is 0 Å². The highest BCUT2D eigenvalue weighted by atomic mass is 16.5. The fourth-order valence-electron chi connectivity index (χ4n) is 4.80. The van der Waals surface area contributed by atoms with Crippen molar-refractivity contribution in [1.29, 1.82) is 0 Å². The summed E-state index contributed by atoms with van der Waals surface area (Å²) in [5.41, 5.74) is 4.80. The number of rotatable bonds is 8. The summed E-state index contributed by atoms with van der Waals surface area (Å²) in [7, 11) is 0. The molecule has 0 amide bonds. The molecule has 0 N–H and O–H groups in total. The van der Waals surface area contributed by atoms with Crippen LogP contribution < -0.4 is 10.4 Å². The van der Waals surface area contributed by atoms with Crippen molar-refractivity contribution >= 4 is 21.8 Å². The molecule has 1 saturated carbocycles. The maximum Gasteiger partial charge on any atom is 0.329 e. The van der Waals surface area contributed by atoms with Crippen molar-refractivity contribution in [2.24, 2.45) is 0 Å². The molecule has 0 radical (unpaired) electrons. The molecule has 0 aliphatic heterocycles. The number of hydrogen-bond donors (Lipinski definition) is 0. The van der Waals surface area contributed by atoms with Crippen molar-refractivity contribution in [2.45, 2.75) is 45.2 Å². The van der Waals surface area contributed by atoms with Gasteiger partial charge in [0.25, 0.3) is 0 Å². The number of ether oxygens (including phenoxy) is 1. The average Bonchev–Trinajstić information content (AvgIpc) is 3.69. The van der Waals surface area contributed by atoms with Crippen LogP contribution in [-0.2, 0) is 6.54 Å². The first-order valence-corrected chi connectivity index (χ1v) is 12.4. The maximum atomic E-state index is 13.5. The second-order valence-corrected chi connectivity index (χ2v) is 9.21. The third-order valence-corrected chi connectivity index (χ3v) is 6.74. The molecule has 1 fully saturated rings. The van der Waals surface area contributed by atoms with Crippen LogP contribution in [0.25, 0.3) is 32.9 Å². The van der Waals surface area contributed by atoms with E-state index in [0.29, 0.717) is 25.1 Å². The van der Waals surface area contributed by atoms with E-state index in [-0.39, 0.29) is 5.69 Å². The van der Waals surface area contributed by atoms with Crippen molar-refractivity contribution in [3.63, 3.8) is 0 Å². The molecule has 6 nitrogen and oxygen atoms in total. The molecule has 35 heavy (non-hydrogen) atoms. The Morgan fingerprint density at radius 1 is 0.943 bits per heavy atom. The smallest absolute Gasteiger partial charge is 0.329 e. The third kappa shape index (κ3) is 3.99. The van der Waals surface area contributed by atoms with Crippen molar-refractivity contribution in [3.05, 3.63) is 89.2 Å². The molecule has 0 atom stereocenters. The van der Waals surface area contributed by atoms with Crippen molar-refractivity contribution in [2.75, 3.05) is 6.61 Å². The molecule has 3 heterocycles. The minimum absolute atomic E-state index is 0.0346. The molecule has 3 aromatic heterocycles. The van der Waals surface area contributed by atoms with Crippen molar-refractivity contribution < 1.29 is 4.74 Å². The quantitative estimate of drug-likeness (QED) is 0.265. The van der Waals surface area contributed by atoms with Gasteiger partial charge < -0.3 is 4.74 Å². The first-order chi connectivity index (χ1) is 17.2. The summed E-state index contributed by atoms with van der Waals surface area (Å²) in [6.45, 7) is 3.20. The fraction of sp³-hybridized carbons (Fsp3) is 0.276. The van der Waals surface area contributed by atoms with E-state index in [2.05, 4.69) is 24.0 Å². The highest BCUT2D eigenvalue weighted by molar-refractivity contribution is 5.97. The molecular formula is C29H28N4O2. The average molecular weight is 465 g/mol. The zero-order chi connectivity index (χ0) is 23.8. The van der Waals surface area contributed by atoms with Crippen LogP contribution in [-0.4, -0.2) is 25.7 Å². The van der Waals surface area contributed by atoms with E-state index in [4.69, 9.17) is 9.72 Å². The summed E-state index contributed by atoms with van der Waals surface area (Å²) in [6, 6.07) is 20.6. The van der Waals surface area contributed by atoms with Crippen LogP contribution in [0.5, 0.6) is 5.88 Å². The van der Waals surface area contributed by atoms with Gasteiger partial charge in [0.05, 0.1) is 29.9 Å². The number of benzene rings is 2. The lowest BCUT2D eigenvalue weighted by Gasteiger charge is -2.14. The lowest BCUT2D eigenvalue weighted by Crippen LogP contribution is -2.24. The van der Waals surface area contributed by atoms with Gasteiger partial charge in [-0.25, -0.2) is 9.78 Å². The molecule has 5 aromatic rings. The van der Waals surface area contributed by atoms with E-state index < -0.39 is 0 Å². The number of hydrogen-bond acceptors (Lipinski definition) is 4. The van der Waals surface area contributed by atoms with Gasteiger partial charge in [0.2, 0.25) is 5.88 Å². The summed E-state index contributed by atoms with van der Waals surface area (Å²) < 4.78 is 9.59. The zero-order valence-electron chi connectivity index (χ0n) is 19.9. The van der Waals surface area contributed by atoms with Crippen LogP contribution in [0.4, 0.5) is 0 Å². The fourth-order valence-corrected chi connectivity index (χ4v) is 4.80. The normalized spacial score (nSPS) is 13.5. The number of imidazole rings is 1. The zero-order valence-corrected chi connectivity index (χ0v) is 19.9. The summed E-state index contributed by atoms with van der Waals surface area (Å²) in [5.74, 6) is 0.626. The van der Waals surface area contributed by atoms with Crippen LogP contribution in [0.1, 0.15) is 44.3 Å². The van der Waals surface area contributed by atoms with Gasteiger partial charge in [-0.2, -0.15) is 0 Å². The Morgan fingerprint density at radius 2 is 1.74 bits per heavy atom. The summed E-state index contributed by atoms with van der Waals surface area (Å²) in [4.78, 5) is 22.9. The molecule has 176 valence electrons. The van der Waals surface area contributed by atoms with E-state index in [1.165, 1.54) is 0 Å². The van der Waals surface area contributed by atoms with Gasteiger partial charge in [0.1, 0.15) is 0 Å². The number of fused-ring (bicyclic) bond motifs is 2. The molecule has 6 heteroatoms. The van der Waals surface area contributed by atoms with Gasteiger partial charge in [0, 0.05) is 41.0 Å². The maximum absolute atomic E-state index is 13.5. The van der Waals surface area contributed by atoms with Gasteiger partial charge in [-0.05, 0) is 42.8 Å². The van der Waals surface area contributed by atoms with Gasteiger partial charge in [-0.3, -0.25) is 14.1 Å². The highest BCUT2D eigenvalue weighted by Gasteiger charge is 2.29. The van der Waals surface area contributed by atoms with E-state index in [0.717, 1.165) is 64.3 Å². The second-order valence-electron chi connectivity index (χ2n) is 9.21. The van der Waals surface area contributed by atoms with Crippen molar-refractivity contribution in [1.82, 2.24) is 19.1 Å². The molecule has 1 aliphatic rings. The minimum atomic E-state index is 0.0346. The molecule has 0 unspecified atom stereocenters. The standard InChI is InChI=1S/C29H28N4O2/c1-2-3-16-35-27-15-12-21(18-31-27)28-23-9-5-4-8-20(23)17-30-24(28)19-32-25-10-6-7-11-26(25)33(29(32)34)22-13-14-22/h4-12,15,17-18,22H,2-3,13-14,16,19H2,1H3. The molecule has 0 bridgehead atoms. The Hall–Kier alpha value is -3.93. The van der Waals surface area contributed by atoms with Crippen LogP contribution in [0.2, 0.25) is 0 Å². The van der Waals surface area contributed by atoms with Gasteiger partial charge >= 0.3 is 5.69 Å². The predicted octanol–water partition coefficient (Wildman–Crippen LogP) is 5.98. The van der Waals surface area contributed by atoms with Gasteiger partial charge in [-0.15, -0.1) is 0 Å². The third-order valence-electron chi connectivity index (χ3n) is 6.74. The molecular weight excluding hydrogens is 436 g/mol. The molecule has 0 spiro atoms. The first kappa shape index (κ1) is 21.6. The Balaban J connectivity index is 1.46. The summed E-state index contributed by atoms with van der Waals surface area (Å²) in [5, 5.41) is 2.15. The van der Waals surface area contributed by atoms with Crippen LogP contribution in [0.15, 0.2) is 77.9 Å². The highest BCUT2D eigenvalue weighted by Crippen LogP contribution is 2.37. The first-order valence-electron chi connectivity index (χ1n) is 12.4.